The molecule has 1 unspecified atom stereocenters. The Kier molecular flexibility index (Phi) is 9.72. The summed E-state index contributed by atoms with van der Waals surface area (Å²) in [6.45, 7) is 7.86. The molecule has 0 saturated heterocycles. The van der Waals surface area contributed by atoms with E-state index >= 15 is 0 Å². The molecular weight excluding hydrogens is 384 g/mol. The van der Waals surface area contributed by atoms with Crippen LogP contribution in [0.3, 0.4) is 0 Å². The van der Waals surface area contributed by atoms with Gasteiger partial charge < -0.3 is 4.74 Å². The Labute approximate surface area is 187 Å². The van der Waals surface area contributed by atoms with E-state index in [9.17, 15) is 10.1 Å². The minimum atomic E-state index is -1.14. The van der Waals surface area contributed by atoms with Crippen LogP contribution in [0.2, 0.25) is 0 Å². The maximum absolute atomic E-state index is 12.5. The van der Waals surface area contributed by atoms with Gasteiger partial charge in [-0.25, -0.2) is 4.79 Å². The SMILES string of the molecule is CCCCCCCCc1ccc(-c2ccc(OC(=O)C(C)(C#N)CC(C)C)cc2)nc1. The number of carbonyl (C=O) groups is 1. The van der Waals surface area contributed by atoms with Gasteiger partial charge in [0.1, 0.15) is 5.75 Å². The van der Waals surface area contributed by atoms with Crippen molar-refractivity contribution in [2.24, 2.45) is 11.3 Å². The quantitative estimate of drug-likeness (QED) is 0.208. The summed E-state index contributed by atoms with van der Waals surface area (Å²) in [5, 5.41) is 9.44. The number of hydrogen-bond acceptors (Lipinski definition) is 4. The smallest absolute Gasteiger partial charge is 0.331 e. The van der Waals surface area contributed by atoms with Crippen molar-refractivity contribution in [3.8, 4) is 23.1 Å². The van der Waals surface area contributed by atoms with Gasteiger partial charge in [0.15, 0.2) is 5.41 Å². The van der Waals surface area contributed by atoms with Gasteiger partial charge in [-0.05, 0) is 68.0 Å². The highest BCUT2D eigenvalue weighted by Gasteiger charge is 2.36. The Morgan fingerprint density at radius 3 is 2.32 bits per heavy atom. The summed E-state index contributed by atoms with van der Waals surface area (Å²) in [7, 11) is 0. The molecule has 0 N–H and O–H groups in total. The Morgan fingerprint density at radius 2 is 1.74 bits per heavy atom. The van der Waals surface area contributed by atoms with Gasteiger partial charge in [0, 0.05) is 11.8 Å². The zero-order valence-electron chi connectivity index (χ0n) is 19.5. The van der Waals surface area contributed by atoms with Gasteiger partial charge in [-0.15, -0.1) is 0 Å². The summed E-state index contributed by atoms with van der Waals surface area (Å²) in [5.41, 5.74) is 1.99. The molecule has 0 spiro atoms. The minimum absolute atomic E-state index is 0.231. The summed E-state index contributed by atoms with van der Waals surface area (Å²) in [5.74, 6) is 0.168. The lowest BCUT2D eigenvalue weighted by Crippen LogP contribution is -2.32. The highest BCUT2D eigenvalue weighted by molar-refractivity contribution is 5.81. The molecule has 0 bridgehead atoms. The third-order valence-electron chi connectivity index (χ3n) is 5.52. The fourth-order valence-corrected chi connectivity index (χ4v) is 3.76. The fourth-order valence-electron chi connectivity index (χ4n) is 3.76. The second-order valence-corrected chi connectivity index (χ2v) is 9.03. The fraction of sp³-hybridized carbons (Fsp3) is 0.519. The zero-order valence-corrected chi connectivity index (χ0v) is 19.5. The highest BCUT2D eigenvalue weighted by Crippen LogP contribution is 2.29. The Morgan fingerprint density at radius 1 is 1.06 bits per heavy atom. The van der Waals surface area contributed by atoms with E-state index < -0.39 is 11.4 Å². The Bertz CT molecular complexity index is 850. The summed E-state index contributed by atoms with van der Waals surface area (Å²) in [6, 6.07) is 13.6. The van der Waals surface area contributed by atoms with Crippen LogP contribution in [0.5, 0.6) is 5.75 Å². The predicted molar refractivity (Wildman–Crippen MR) is 126 cm³/mol. The van der Waals surface area contributed by atoms with E-state index in [0.717, 1.165) is 17.7 Å². The topological polar surface area (TPSA) is 63.0 Å². The normalized spacial score (nSPS) is 12.9. The Balaban J connectivity index is 1.91. The van der Waals surface area contributed by atoms with Gasteiger partial charge in [0.05, 0.1) is 11.8 Å². The molecular formula is C27H36N2O2. The van der Waals surface area contributed by atoms with Gasteiger partial charge >= 0.3 is 5.97 Å². The third kappa shape index (κ3) is 7.83. The number of aryl methyl sites for hydroxylation is 1. The summed E-state index contributed by atoms with van der Waals surface area (Å²) in [4.78, 5) is 17.1. The van der Waals surface area contributed by atoms with Crippen LogP contribution in [-0.4, -0.2) is 11.0 Å². The summed E-state index contributed by atoms with van der Waals surface area (Å²) < 4.78 is 5.48. The van der Waals surface area contributed by atoms with Crippen molar-refractivity contribution in [3.05, 3.63) is 48.2 Å². The second-order valence-electron chi connectivity index (χ2n) is 9.03. The number of benzene rings is 1. The molecule has 2 aromatic rings. The average molecular weight is 421 g/mol. The number of esters is 1. The standard InChI is InChI=1S/C27H36N2O2/c1-5-6-7-8-9-10-11-22-12-17-25(29-19-22)23-13-15-24(16-14-23)31-26(30)27(4,20-28)18-21(2)3/h12-17,19,21H,5-11,18H2,1-4H3. The first-order valence-corrected chi connectivity index (χ1v) is 11.6. The molecule has 1 heterocycles. The summed E-state index contributed by atoms with van der Waals surface area (Å²) in [6.07, 6.45) is 11.3. The molecule has 31 heavy (non-hydrogen) atoms. The number of nitrogens with zero attached hydrogens (tertiary/aromatic N) is 2. The maximum Gasteiger partial charge on any atom is 0.331 e. The van der Waals surface area contributed by atoms with Gasteiger partial charge in [0.25, 0.3) is 0 Å². The lowest BCUT2D eigenvalue weighted by atomic mass is 9.83. The van der Waals surface area contributed by atoms with Crippen molar-refractivity contribution in [3.63, 3.8) is 0 Å². The first kappa shape index (κ1) is 24.6. The van der Waals surface area contributed by atoms with Crippen molar-refractivity contribution in [2.45, 2.75) is 79.1 Å². The van der Waals surface area contributed by atoms with E-state index in [-0.39, 0.29) is 5.92 Å². The molecule has 2 rings (SSSR count). The molecule has 1 aromatic carbocycles. The van der Waals surface area contributed by atoms with Gasteiger partial charge in [-0.2, -0.15) is 5.26 Å². The summed E-state index contributed by atoms with van der Waals surface area (Å²) >= 11 is 0. The van der Waals surface area contributed by atoms with Crippen LogP contribution in [0.1, 0.15) is 78.2 Å². The lowest BCUT2D eigenvalue weighted by Gasteiger charge is -2.21. The average Bonchev–Trinajstić information content (AvgIpc) is 2.76. The number of aromatic nitrogens is 1. The van der Waals surface area contributed by atoms with E-state index in [1.54, 1.807) is 19.1 Å². The van der Waals surface area contributed by atoms with E-state index in [1.807, 2.05) is 38.2 Å². The number of carbonyl (C=O) groups excluding carboxylic acids is 1. The second kappa shape index (κ2) is 12.2. The van der Waals surface area contributed by atoms with E-state index in [2.05, 4.69) is 24.0 Å². The number of ether oxygens (including phenoxy) is 1. The van der Waals surface area contributed by atoms with Crippen LogP contribution in [0.25, 0.3) is 11.3 Å². The molecule has 166 valence electrons. The lowest BCUT2D eigenvalue weighted by molar-refractivity contribution is -0.142. The number of hydrogen-bond donors (Lipinski definition) is 0. The van der Waals surface area contributed by atoms with Crippen molar-refractivity contribution >= 4 is 5.97 Å². The molecule has 0 radical (unpaired) electrons. The van der Waals surface area contributed by atoms with Crippen LogP contribution < -0.4 is 4.74 Å². The van der Waals surface area contributed by atoms with Crippen LogP contribution in [0.4, 0.5) is 0 Å². The molecule has 1 aromatic heterocycles. The Hall–Kier alpha value is -2.67. The van der Waals surface area contributed by atoms with Gasteiger partial charge in [-0.1, -0.05) is 58.9 Å². The van der Waals surface area contributed by atoms with Crippen LogP contribution >= 0.6 is 0 Å². The van der Waals surface area contributed by atoms with Crippen molar-refractivity contribution in [2.75, 3.05) is 0 Å². The number of unbranched alkanes of at least 4 members (excludes halogenated alkanes) is 5. The maximum atomic E-state index is 12.5. The van der Waals surface area contributed by atoms with Gasteiger partial charge in [-0.3, -0.25) is 4.98 Å². The minimum Gasteiger partial charge on any atom is -0.425 e. The van der Waals surface area contributed by atoms with E-state index in [0.29, 0.717) is 12.2 Å². The molecule has 0 saturated carbocycles. The molecule has 0 amide bonds. The first-order valence-electron chi connectivity index (χ1n) is 11.6. The number of pyridine rings is 1. The van der Waals surface area contributed by atoms with Crippen molar-refractivity contribution in [1.29, 1.82) is 5.26 Å². The number of rotatable bonds is 12. The molecule has 0 aliphatic carbocycles. The van der Waals surface area contributed by atoms with Crippen molar-refractivity contribution in [1.82, 2.24) is 4.98 Å². The highest BCUT2D eigenvalue weighted by atomic mass is 16.5. The molecule has 4 heteroatoms. The molecule has 0 aliphatic heterocycles. The van der Waals surface area contributed by atoms with Crippen LogP contribution in [-0.2, 0) is 11.2 Å². The molecule has 0 fully saturated rings. The largest absolute Gasteiger partial charge is 0.425 e. The number of nitriles is 1. The first-order chi connectivity index (χ1) is 14.9. The van der Waals surface area contributed by atoms with Crippen LogP contribution in [0, 0.1) is 22.7 Å². The molecule has 1 atom stereocenters. The zero-order chi connectivity index (χ0) is 22.7. The predicted octanol–water partition coefficient (Wildman–Crippen LogP) is 7.13. The van der Waals surface area contributed by atoms with E-state index in [1.165, 1.54) is 44.1 Å². The molecule has 4 nitrogen and oxygen atoms in total. The van der Waals surface area contributed by atoms with Crippen molar-refractivity contribution < 1.29 is 9.53 Å². The van der Waals surface area contributed by atoms with E-state index in [4.69, 9.17) is 4.74 Å². The molecule has 0 aliphatic rings. The monoisotopic (exact) mass is 420 g/mol. The third-order valence-corrected chi connectivity index (χ3v) is 5.52. The van der Waals surface area contributed by atoms with Crippen LogP contribution in [0.15, 0.2) is 42.6 Å². The van der Waals surface area contributed by atoms with Gasteiger partial charge in [0.2, 0.25) is 0 Å².